The summed E-state index contributed by atoms with van der Waals surface area (Å²) < 4.78 is 6.09. The van der Waals surface area contributed by atoms with Crippen molar-refractivity contribution < 1.29 is 9.21 Å². The molecule has 1 atom stereocenters. The Balaban J connectivity index is 1.37. The Kier molecular flexibility index (Phi) is 6.13. The van der Waals surface area contributed by atoms with Crippen molar-refractivity contribution in [3.05, 3.63) is 95.3 Å². The molecule has 0 spiro atoms. The molecule has 1 aliphatic rings. The molecule has 0 bridgehead atoms. The van der Waals surface area contributed by atoms with Crippen molar-refractivity contribution in [1.29, 1.82) is 0 Å². The third-order valence-corrected chi connectivity index (χ3v) is 5.99. The van der Waals surface area contributed by atoms with Gasteiger partial charge in [-0.3, -0.25) is 4.79 Å². The Morgan fingerprint density at radius 3 is 2.70 bits per heavy atom. The lowest BCUT2D eigenvalue weighted by Crippen LogP contribution is -2.39. The van der Waals surface area contributed by atoms with Crippen molar-refractivity contribution in [2.24, 2.45) is 0 Å². The van der Waals surface area contributed by atoms with E-state index in [4.69, 9.17) is 16.0 Å². The normalized spacial score (nSPS) is 16.0. The number of hydrogen-bond donors (Lipinski definition) is 0. The molecule has 4 aromatic rings. The van der Waals surface area contributed by atoms with Gasteiger partial charge in [-0.1, -0.05) is 29.8 Å². The Morgan fingerprint density at radius 2 is 1.88 bits per heavy atom. The highest BCUT2D eigenvalue weighted by Crippen LogP contribution is 2.32. The van der Waals surface area contributed by atoms with E-state index < -0.39 is 0 Å². The van der Waals surface area contributed by atoms with E-state index in [1.54, 1.807) is 24.7 Å². The number of halogens is 1. The summed E-state index contributed by atoms with van der Waals surface area (Å²) in [6.07, 6.45) is 9.95. The number of amides is 1. The lowest BCUT2D eigenvalue weighted by molar-refractivity contribution is 0.0564. The van der Waals surface area contributed by atoms with Crippen LogP contribution in [0.5, 0.6) is 0 Å². The summed E-state index contributed by atoms with van der Waals surface area (Å²) in [6, 6.07) is 12.9. The molecule has 1 aliphatic heterocycles. The molecule has 8 heteroatoms. The van der Waals surface area contributed by atoms with Gasteiger partial charge in [-0.25, -0.2) is 19.9 Å². The van der Waals surface area contributed by atoms with Crippen LogP contribution < -0.4 is 0 Å². The van der Waals surface area contributed by atoms with E-state index in [-0.39, 0.29) is 11.9 Å². The summed E-state index contributed by atoms with van der Waals surface area (Å²) in [5, 5.41) is 0.700. The number of hydrogen-bond acceptors (Lipinski definition) is 6. The van der Waals surface area contributed by atoms with Gasteiger partial charge < -0.3 is 9.32 Å². The van der Waals surface area contributed by atoms with Gasteiger partial charge in [-0.2, -0.15) is 0 Å². The zero-order valence-corrected chi connectivity index (χ0v) is 18.7. The minimum Gasteiger partial charge on any atom is -0.443 e. The number of piperidine rings is 1. The minimum atomic E-state index is -0.212. The zero-order valence-electron chi connectivity index (χ0n) is 17.9. The SMILES string of the molecule is O=C(c1cccc(-c2cncnc2)n1)N1CCCC[C@H]1c1ncc(Cc2ccc(Cl)cc2)o1. The van der Waals surface area contributed by atoms with Crippen molar-refractivity contribution in [2.75, 3.05) is 6.54 Å². The van der Waals surface area contributed by atoms with Crippen molar-refractivity contribution in [1.82, 2.24) is 24.8 Å². The Morgan fingerprint density at radius 1 is 1.06 bits per heavy atom. The van der Waals surface area contributed by atoms with Crippen molar-refractivity contribution in [2.45, 2.75) is 31.7 Å². The van der Waals surface area contributed by atoms with Crippen LogP contribution in [0.3, 0.4) is 0 Å². The van der Waals surface area contributed by atoms with Gasteiger partial charge in [0.25, 0.3) is 5.91 Å². The Hall–Kier alpha value is -3.58. The molecule has 0 radical (unpaired) electrons. The van der Waals surface area contributed by atoms with Crippen molar-refractivity contribution in [3.63, 3.8) is 0 Å². The summed E-state index contributed by atoms with van der Waals surface area (Å²) in [5.74, 6) is 1.20. The number of likely N-dealkylation sites (tertiary alicyclic amines) is 1. The molecule has 0 saturated carbocycles. The van der Waals surface area contributed by atoms with E-state index in [1.165, 1.54) is 6.33 Å². The molecule has 3 aromatic heterocycles. The van der Waals surface area contributed by atoms with Gasteiger partial charge in [-0.15, -0.1) is 0 Å². The van der Waals surface area contributed by atoms with Crippen LogP contribution in [-0.4, -0.2) is 37.3 Å². The van der Waals surface area contributed by atoms with Crippen molar-refractivity contribution >= 4 is 17.5 Å². The predicted molar refractivity (Wildman–Crippen MR) is 124 cm³/mol. The first-order valence-electron chi connectivity index (χ1n) is 10.9. The maximum atomic E-state index is 13.4. The summed E-state index contributed by atoms with van der Waals surface area (Å²) in [6.45, 7) is 0.638. The van der Waals surface area contributed by atoms with E-state index in [0.717, 1.165) is 36.1 Å². The monoisotopic (exact) mass is 459 g/mol. The zero-order chi connectivity index (χ0) is 22.6. The third-order valence-electron chi connectivity index (χ3n) is 5.74. The van der Waals surface area contributed by atoms with Gasteiger partial charge in [0.05, 0.1) is 11.9 Å². The highest BCUT2D eigenvalue weighted by molar-refractivity contribution is 6.30. The van der Waals surface area contributed by atoms with Crippen LogP contribution >= 0.6 is 11.6 Å². The van der Waals surface area contributed by atoms with Crippen LogP contribution in [0.2, 0.25) is 5.02 Å². The molecule has 1 aromatic carbocycles. The van der Waals surface area contributed by atoms with Gasteiger partial charge in [-0.05, 0) is 49.1 Å². The highest BCUT2D eigenvalue weighted by atomic mass is 35.5. The first-order chi connectivity index (χ1) is 16.2. The van der Waals surface area contributed by atoms with Crippen LogP contribution in [0.4, 0.5) is 0 Å². The molecule has 7 nitrogen and oxygen atoms in total. The largest absolute Gasteiger partial charge is 0.443 e. The Bertz CT molecular complexity index is 1240. The maximum Gasteiger partial charge on any atom is 0.273 e. The van der Waals surface area contributed by atoms with Gasteiger partial charge in [0.15, 0.2) is 0 Å². The van der Waals surface area contributed by atoms with Crippen LogP contribution in [-0.2, 0) is 6.42 Å². The molecule has 1 fully saturated rings. The second kappa shape index (κ2) is 9.50. The minimum absolute atomic E-state index is 0.129. The fraction of sp³-hybridized carbons (Fsp3) is 0.240. The lowest BCUT2D eigenvalue weighted by Gasteiger charge is -2.33. The number of carbonyl (C=O) groups is 1. The number of carbonyl (C=O) groups excluding carboxylic acids is 1. The van der Waals surface area contributed by atoms with Crippen LogP contribution in [0, 0.1) is 0 Å². The summed E-state index contributed by atoms with van der Waals surface area (Å²) in [4.78, 5) is 32.5. The lowest BCUT2D eigenvalue weighted by atomic mass is 10.0. The molecule has 0 unspecified atom stereocenters. The second-order valence-corrected chi connectivity index (χ2v) is 8.45. The quantitative estimate of drug-likeness (QED) is 0.411. The first kappa shape index (κ1) is 21.3. The average Bonchev–Trinajstić information content (AvgIpc) is 3.34. The molecule has 1 saturated heterocycles. The van der Waals surface area contributed by atoms with Gasteiger partial charge in [0.1, 0.15) is 23.8 Å². The van der Waals surface area contributed by atoms with E-state index in [0.29, 0.717) is 35.3 Å². The first-order valence-corrected chi connectivity index (χ1v) is 11.3. The molecular weight excluding hydrogens is 438 g/mol. The molecule has 166 valence electrons. The molecule has 0 aliphatic carbocycles. The topological polar surface area (TPSA) is 85.0 Å². The smallest absolute Gasteiger partial charge is 0.273 e. The second-order valence-electron chi connectivity index (χ2n) is 8.01. The molecule has 1 amide bonds. The number of aromatic nitrogens is 4. The van der Waals surface area contributed by atoms with Gasteiger partial charge >= 0.3 is 0 Å². The molecule has 5 rings (SSSR count). The standard InChI is InChI=1S/C25H22ClN5O2/c26-19-9-7-17(8-10-19)12-20-15-29-24(33-20)23-6-1-2-11-31(23)25(32)22-5-3-4-21(30-22)18-13-27-16-28-14-18/h3-5,7-10,13-16,23H,1-2,6,11-12H2/t23-/m0/s1. The molecular formula is C25H22ClN5O2. The number of benzene rings is 1. The van der Waals surface area contributed by atoms with E-state index >= 15 is 0 Å². The number of rotatable bonds is 5. The average molecular weight is 460 g/mol. The predicted octanol–water partition coefficient (Wildman–Crippen LogP) is 5.14. The molecule has 0 N–H and O–H groups in total. The molecule has 4 heterocycles. The molecule has 33 heavy (non-hydrogen) atoms. The maximum absolute atomic E-state index is 13.4. The van der Waals surface area contributed by atoms with Gasteiger partial charge in [0, 0.05) is 35.9 Å². The number of pyridine rings is 1. The van der Waals surface area contributed by atoms with E-state index in [2.05, 4.69) is 19.9 Å². The summed E-state index contributed by atoms with van der Waals surface area (Å²) in [5.41, 5.74) is 2.90. The fourth-order valence-corrected chi connectivity index (χ4v) is 4.21. The van der Waals surface area contributed by atoms with Crippen LogP contribution in [0.1, 0.15) is 53.0 Å². The Labute approximate surface area is 196 Å². The van der Waals surface area contributed by atoms with E-state index in [1.807, 2.05) is 41.3 Å². The van der Waals surface area contributed by atoms with Crippen molar-refractivity contribution in [3.8, 4) is 11.3 Å². The van der Waals surface area contributed by atoms with E-state index in [9.17, 15) is 4.79 Å². The summed E-state index contributed by atoms with van der Waals surface area (Å²) >= 11 is 5.98. The highest BCUT2D eigenvalue weighted by Gasteiger charge is 2.32. The van der Waals surface area contributed by atoms with Crippen LogP contribution in [0.15, 0.2) is 71.8 Å². The number of oxazole rings is 1. The summed E-state index contributed by atoms with van der Waals surface area (Å²) in [7, 11) is 0. The third kappa shape index (κ3) is 4.78. The number of nitrogens with zero attached hydrogens (tertiary/aromatic N) is 5. The van der Waals surface area contributed by atoms with Gasteiger partial charge in [0.2, 0.25) is 5.89 Å². The fourth-order valence-electron chi connectivity index (χ4n) is 4.09. The van der Waals surface area contributed by atoms with Crippen LogP contribution in [0.25, 0.3) is 11.3 Å².